The third-order valence-electron chi connectivity index (χ3n) is 5.28. The van der Waals surface area contributed by atoms with Gasteiger partial charge >= 0.3 is 0 Å². The Kier molecular flexibility index (Phi) is 14.3. The molecular formula is C26H37NO3S2. The molecule has 1 amide bonds. The standard InChI is InChI=1S/C26H37NO3S2/c28-18-16-27(17-19-29)26(30)14-8-7-13-25(32-22-24-11-5-2-6-12-24)15-20-31-21-23-9-3-1-4-10-23/h1-6,9-12,25,28-29H,7-8,13-22H2. The van der Waals surface area contributed by atoms with Gasteiger partial charge in [0.1, 0.15) is 0 Å². The summed E-state index contributed by atoms with van der Waals surface area (Å²) in [5, 5.41) is 18.8. The summed E-state index contributed by atoms with van der Waals surface area (Å²) >= 11 is 4.02. The van der Waals surface area contributed by atoms with Crippen molar-refractivity contribution in [3.05, 3.63) is 71.8 Å². The second-order valence-corrected chi connectivity index (χ2v) is 10.2. The highest BCUT2D eigenvalue weighted by molar-refractivity contribution is 7.99. The van der Waals surface area contributed by atoms with Crippen molar-refractivity contribution in [2.75, 3.05) is 32.1 Å². The fourth-order valence-electron chi connectivity index (χ4n) is 3.49. The van der Waals surface area contributed by atoms with Crippen LogP contribution in [0.5, 0.6) is 0 Å². The van der Waals surface area contributed by atoms with E-state index in [2.05, 4.69) is 60.7 Å². The Balaban J connectivity index is 1.75. The zero-order valence-electron chi connectivity index (χ0n) is 18.9. The van der Waals surface area contributed by atoms with E-state index in [1.54, 1.807) is 4.90 Å². The van der Waals surface area contributed by atoms with Gasteiger partial charge in [-0.2, -0.15) is 23.5 Å². The zero-order valence-corrected chi connectivity index (χ0v) is 20.5. The smallest absolute Gasteiger partial charge is 0.222 e. The lowest BCUT2D eigenvalue weighted by Gasteiger charge is -2.21. The third-order valence-corrected chi connectivity index (χ3v) is 7.79. The van der Waals surface area contributed by atoms with Crippen LogP contribution in [0.1, 0.15) is 43.2 Å². The molecule has 0 saturated carbocycles. The Hall–Kier alpha value is -1.47. The van der Waals surface area contributed by atoms with E-state index in [0.717, 1.165) is 36.5 Å². The number of rotatable bonds is 17. The highest BCUT2D eigenvalue weighted by Crippen LogP contribution is 2.27. The quantitative estimate of drug-likeness (QED) is 0.316. The van der Waals surface area contributed by atoms with E-state index < -0.39 is 0 Å². The van der Waals surface area contributed by atoms with E-state index in [4.69, 9.17) is 10.2 Å². The molecule has 2 rings (SSSR count). The molecule has 0 spiro atoms. The molecule has 0 heterocycles. The first-order valence-electron chi connectivity index (χ1n) is 11.5. The van der Waals surface area contributed by atoms with E-state index >= 15 is 0 Å². The minimum Gasteiger partial charge on any atom is -0.395 e. The molecule has 176 valence electrons. The first-order valence-corrected chi connectivity index (χ1v) is 13.7. The molecular weight excluding hydrogens is 438 g/mol. The normalized spacial score (nSPS) is 11.9. The van der Waals surface area contributed by atoms with Crippen molar-refractivity contribution in [2.24, 2.45) is 0 Å². The molecule has 0 aromatic heterocycles. The Bertz CT molecular complexity index is 724. The highest BCUT2D eigenvalue weighted by Gasteiger charge is 2.14. The van der Waals surface area contributed by atoms with Crippen LogP contribution in [0.2, 0.25) is 0 Å². The molecule has 0 bridgehead atoms. The largest absolute Gasteiger partial charge is 0.395 e. The Labute approximate surface area is 201 Å². The Morgan fingerprint density at radius 3 is 2.00 bits per heavy atom. The molecule has 6 heteroatoms. The number of carbonyl (C=O) groups excluding carboxylic acids is 1. The van der Waals surface area contributed by atoms with E-state index in [-0.39, 0.29) is 19.1 Å². The maximum Gasteiger partial charge on any atom is 0.222 e. The van der Waals surface area contributed by atoms with Crippen LogP contribution in [0.15, 0.2) is 60.7 Å². The molecule has 0 aliphatic heterocycles. The lowest BCUT2D eigenvalue weighted by atomic mass is 10.1. The van der Waals surface area contributed by atoms with Crippen LogP contribution in [-0.2, 0) is 16.3 Å². The zero-order chi connectivity index (χ0) is 22.9. The molecule has 2 aromatic rings. The number of aliphatic hydroxyl groups is 2. The van der Waals surface area contributed by atoms with Crippen molar-refractivity contribution >= 4 is 29.4 Å². The second-order valence-electron chi connectivity index (χ2n) is 7.82. The van der Waals surface area contributed by atoms with Gasteiger partial charge in [-0.1, -0.05) is 67.1 Å². The average molecular weight is 476 g/mol. The summed E-state index contributed by atoms with van der Waals surface area (Å²) in [5.74, 6) is 3.24. The second kappa shape index (κ2) is 17.1. The van der Waals surface area contributed by atoms with Crippen molar-refractivity contribution in [1.82, 2.24) is 4.90 Å². The van der Waals surface area contributed by atoms with Gasteiger partial charge in [0.25, 0.3) is 0 Å². The molecule has 1 unspecified atom stereocenters. The van der Waals surface area contributed by atoms with Crippen molar-refractivity contribution in [3.8, 4) is 0 Å². The summed E-state index contributed by atoms with van der Waals surface area (Å²) in [6.07, 6.45) is 4.64. The van der Waals surface area contributed by atoms with Crippen molar-refractivity contribution in [3.63, 3.8) is 0 Å². The topological polar surface area (TPSA) is 60.8 Å². The molecule has 2 aromatic carbocycles. The SMILES string of the molecule is O=C(CCCCC(CCSCc1ccccc1)SCc1ccccc1)N(CCO)CCO. The maximum atomic E-state index is 12.3. The number of hydrogen-bond donors (Lipinski definition) is 2. The molecule has 0 aliphatic carbocycles. The van der Waals surface area contributed by atoms with Gasteiger partial charge in [0.05, 0.1) is 13.2 Å². The number of aliphatic hydroxyl groups excluding tert-OH is 2. The molecule has 4 nitrogen and oxygen atoms in total. The summed E-state index contributed by atoms with van der Waals surface area (Å²) < 4.78 is 0. The van der Waals surface area contributed by atoms with Gasteiger partial charge in [-0.05, 0) is 36.1 Å². The number of benzene rings is 2. The van der Waals surface area contributed by atoms with Crippen LogP contribution in [0.25, 0.3) is 0 Å². The van der Waals surface area contributed by atoms with E-state index in [1.807, 2.05) is 23.5 Å². The third kappa shape index (κ3) is 11.4. The Morgan fingerprint density at radius 1 is 0.812 bits per heavy atom. The van der Waals surface area contributed by atoms with Crippen molar-refractivity contribution < 1.29 is 15.0 Å². The lowest BCUT2D eigenvalue weighted by Crippen LogP contribution is -2.35. The monoisotopic (exact) mass is 475 g/mol. The predicted octanol–water partition coefficient (Wildman–Crippen LogP) is 4.99. The van der Waals surface area contributed by atoms with Gasteiger partial charge < -0.3 is 15.1 Å². The number of nitrogens with zero attached hydrogens (tertiary/aromatic N) is 1. The lowest BCUT2D eigenvalue weighted by molar-refractivity contribution is -0.132. The molecule has 2 N–H and O–H groups in total. The van der Waals surface area contributed by atoms with Crippen molar-refractivity contribution in [1.29, 1.82) is 0 Å². The number of hydrogen-bond acceptors (Lipinski definition) is 5. The van der Waals surface area contributed by atoms with Gasteiger partial charge in [-0.3, -0.25) is 4.79 Å². The molecule has 0 aliphatic rings. The number of amides is 1. The van der Waals surface area contributed by atoms with E-state index in [9.17, 15) is 4.79 Å². The molecule has 1 atom stereocenters. The number of unbranched alkanes of at least 4 members (excludes halogenated alkanes) is 1. The highest BCUT2D eigenvalue weighted by atomic mass is 32.2. The summed E-state index contributed by atoms with van der Waals surface area (Å²) in [6.45, 7) is 0.469. The maximum absolute atomic E-state index is 12.3. The summed E-state index contributed by atoms with van der Waals surface area (Å²) in [4.78, 5) is 13.9. The van der Waals surface area contributed by atoms with Crippen LogP contribution >= 0.6 is 23.5 Å². The van der Waals surface area contributed by atoms with Gasteiger partial charge in [-0.25, -0.2) is 0 Å². The predicted molar refractivity (Wildman–Crippen MR) is 138 cm³/mol. The van der Waals surface area contributed by atoms with Gasteiger partial charge in [-0.15, -0.1) is 0 Å². The molecule has 0 radical (unpaired) electrons. The van der Waals surface area contributed by atoms with E-state index in [1.165, 1.54) is 17.5 Å². The van der Waals surface area contributed by atoms with Crippen LogP contribution < -0.4 is 0 Å². The number of thioether (sulfide) groups is 2. The molecule has 0 fully saturated rings. The van der Waals surface area contributed by atoms with Crippen molar-refractivity contribution in [2.45, 2.75) is 48.9 Å². The Morgan fingerprint density at radius 2 is 1.41 bits per heavy atom. The number of carbonyl (C=O) groups is 1. The fraction of sp³-hybridized carbons (Fsp3) is 0.500. The van der Waals surface area contributed by atoms with Crippen LogP contribution in [0.3, 0.4) is 0 Å². The minimum absolute atomic E-state index is 0.0278. The summed E-state index contributed by atoms with van der Waals surface area (Å²) in [5.41, 5.74) is 2.73. The first-order chi connectivity index (χ1) is 15.7. The molecule has 0 saturated heterocycles. The van der Waals surface area contributed by atoms with Gasteiger partial charge in [0, 0.05) is 36.3 Å². The fourth-order valence-corrected chi connectivity index (χ4v) is 5.90. The first kappa shape index (κ1) is 26.8. The molecule has 32 heavy (non-hydrogen) atoms. The average Bonchev–Trinajstić information content (AvgIpc) is 2.83. The summed E-state index contributed by atoms with van der Waals surface area (Å²) in [6, 6.07) is 21.2. The van der Waals surface area contributed by atoms with E-state index in [0.29, 0.717) is 24.8 Å². The van der Waals surface area contributed by atoms with Gasteiger partial charge in [0.2, 0.25) is 5.91 Å². The summed E-state index contributed by atoms with van der Waals surface area (Å²) in [7, 11) is 0. The van der Waals surface area contributed by atoms with Crippen LogP contribution in [0.4, 0.5) is 0 Å². The van der Waals surface area contributed by atoms with Gasteiger partial charge in [0.15, 0.2) is 0 Å². The van der Waals surface area contributed by atoms with Crippen LogP contribution in [0, 0.1) is 0 Å². The minimum atomic E-state index is -0.0649. The van der Waals surface area contributed by atoms with Crippen LogP contribution in [-0.4, -0.2) is 58.3 Å².